The minimum atomic E-state index is 0.555. The standard InChI is InChI=1S/C15H14N4/c16-15-13(7-4-8-17-15)10-19-11-14(9-18-19)12-5-2-1-3-6-12/h1-9,11H,10H2,(H2,16,17). The van der Waals surface area contributed by atoms with E-state index in [4.69, 9.17) is 5.73 Å². The summed E-state index contributed by atoms with van der Waals surface area (Å²) in [6, 6.07) is 14.0. The van der Waals surface area contributed by atoms with Crippen LogP contribution in [0.15, 0.2) is 61.1 Å². The Hall–Kier alpha value is -2.62. The largest absolute Gasteiger partial charge is 0.383 e. The fourth-order valence-corrected chi connectivity index (χ4v) is 1.99. The molecule has 0 fully saturated rings. The number of nitrogen functional groups attached to an aromatic ring is 1. The molecule has 2 N–H and O–H groups in total. The molecule has 0 aliphatic carbocycles. The summed E-state index contributed by atoms with van der Waals surface area (Å²) >= 11 is 0. The maximum absolute atomic E-state index is 5.83. The van der Waals surface area contributed by atoms with Crippen molar-refractivity contribution in [1.82, 2.24) is 14.8 Å². The number of pyridine rings is 1. The van der Waals surface area contributed by atoms with Crippen LogP contribution in [-0.2, 0) is 6.54 Å². The number of aromatic nitrogens is 3. The molecule has 2 aromatic heterocycles. The van der Waals surface area contributed by atoms with Crippen molar-refractivity contribution in [1.29, 1.82) is 0 Å². The summed E-state index contributed by atoms with van der Waals surface area (Å²) in [6.07, 6.45) is 5.57. The molecular formula is C15H14N4. The minimum absolute atomic E-state index is 0.555. The number of rotatable bonds is 3. The van der Waals surface area contributed by atoms with Crippen molar-refractivity contribution >= 4 is 5.82 Å². The molecule has 4 nitrogen and oxygen atoms in total. The second kappa shape index (κ2) is 4.94. The summed E-state index contributed by atoms with van der Waals surface area (Å²) in [5.41, 5.74) is 9.07. The third-order valence-electron chi connectivity index (χ3n) is 3.00. The SMILES string of the molecule is Nc1ncccc1Cn1cc(-c2ccccc2)cn1. The second-order valence-electron chi connectivity index (χ2n) is 4.34. The molecule has 4 heteroatoms. The van der Waals surface area contributed by atoms with Crippen LogP contribution in [0.4, 0.5) is 5.82 Å². The van der Waals surface area contributed by atoms with Crippen molar-refractivity contribution in [3.63, 3.8) is 0 Å². The molecule has 0 saturated heterocycles. The Morgan fingerprint density at radius 1 is 1.00 bits per heavy atom. The Kier molecular flexibility index (Phi) is 2.98. The van der Waals surface area contributed by atoms with E-state index in [0.29, 0.717) is 12.4 Å². The van der Waals surface area contributed by atoms with Gasteiger partial charge in [-0.25, -0.2) is 4.98 Å². The van der Waals surface area contributed by atoms with Gasteiger partial charge in [0.05, 0.1) is 12.7 Å². The first-order valence-electron chi connectivity index (χ1n) is 6.10. The van der Waals surface area contributed by atoms with Crippen LogP contribution in [0.3, 0.4) is 0 Å². The highest BCUT2D eigenvalue weighted by atomic mass is 15.3. The van der Waals surface area contributed by atoms with E-state index in [1.54, 1.807) is 6.20 Å². The summed E-state index contributed by atoms with van der Waals surface area (Å²) in [6.45, 7) is 0.631. The summed E-state index contributed by atoms with van der Waals surface area (Å²) in [5.74, 6) is 0.555. The lowest BCUT2D eigenvalue weighted by Gasteiger charge is -2.04. The molecular weight excluding hydrogens is 236 g/mol. The van der Waals surface area contributed by atoms with E-state index in [1.807, 2.05) is 47.4 Å². The van der Waals surface area contributed by atoms with Crippen LogP contribution in [0.1, 0.15) is 5.56 Å². The Morgan fingerprint density at radius 2 is 1.84 bits per heavy atom. The van der Waals surface area contributed by atoms with Crippen LogP contribution in [0.25, 0.3) is 11.1 Å². The maximum atomic E-state index is 5.83. The lowest BCUT2D eigenvalue weighted by molar-refractivity contribution is 0.686. The van der Waals surface area contributed by atoms with Crippen LogP contribution < -0.4 is 5.73 Å². The first-order valence-corrected chi connectivity index (χ1v) is 6.10. The quantitative estimate of drug-likeness (QED) is 0.777. The molecule has 0 aliphatic rings. The topological polar surface area (TPSA) is 56.7 Å². The smallest absolute Gasteiger partial charge is 0.128 e. The number of anilines is 1. The number of hydrogen-bond acceptors (Lipinski definition) is 3. The van der Waals surface area contributed by atoms with Gasteiger partial charge in [-0.2, -0.15) is 5.10 Å². The van der Waals surface area contributed by atoms with Crippen LogP contribution in [0.5, 0.6) is 0 Å². The first kappa shape index (κ1) is 11.5. The van der Waals surface area contributed by atoms with Gasteiger partial charge >= 0.3 is 0 Å². The Bertz CT molecular complexity index is 673. The fourth-order valence-electron chi connectivity index (χ4n) is 1.99. The summed E-state index contributed by atoms with van der Waals surface area (Å²) in [5, 5.41) is 4.36. The zero-order valence-electron chi connectivity index (χ0n) is 10.4. The molecule has 0 saturated carbocycles. The van der Waals surface area contributed by atoms with Crippen molar-refractivity contribution in [3.05, 3.63) is 66.6 Å². The molecule has 1 aromatic carbocycles. The third kappa shape index (κ3) is 2.47. The minimum Gasteiger partial charge on any atom is -0.383 e. The Balaban J connectivity index is 1.85. The monoisotopic (exact) mass is 250 g/mol. The summed E-state index contributed by atoms with van der Waals surface area (Å²) in [4.78, 5) is 4.08. The number of hydrogen-bond donors (Lipinski definition) is 1. The van der Waals surface area contributed by atoms with Gasteiger partial charge in [0.15, 0.2) is 0 Å². The molecule has 0 atom stereocenters. The van der Waals surface area contributed by atoms with E-state index in [1.165, 1.54) is 0 Å². The third-order valence-corrected chi connectivity index (χ3v) is 3.00. The van der Waals surface area contributed by atoms with Crippen molar-refractivity contribution in [2.45, 2.75) is 6.54 Å². The molecule has 0 bridgehead atoms. The van der Waals surface area contributed by atoms with E-state index < -0.39 is 0 Å². The fraction of sp³-hybridized carbons (Fsp3) is 0.0667. The normalized spacial score (nSPS) is 10.5. The average molecular weight is 250 g/mol. The number of nitrogens with two attached hydrogens (primary N) is 1. The highest BCUT2D eigenvalue weighted by Gasteiger charge is 2.04. The maximum Gasteiger partial charge on any atom is 0.128 e. The lowest BCUT2D eigenvalue weighted by atomic mass is 10.1. The van der Waals surface area contributed by atoms with Gasteiger partial charge in [0.2, 0.25) is 0 Å². The van der Waals surface area contributed by atoms with E-state index in [9.17, 15) is 0 Å². The molecule has 0 amide bonds. The Labute approximate surface area is 111 Å². The molecule has 3 aromatic rings. The highest BCUT2D eigenvalue weighted by Crippen LogP contribution is 2.18. The van der Waals surface area contributed by atoms with Gasteiger partial charge < -0.3 is 5.73 Å². The summed E-state index contributed by atoms with van der Waals surface area (Å²) in [7, 11) is 0. The predicted octanol–water partition coefficient (Wildman–Crippen LogP) is 2.58. The first-order chi connectivity index (χ1) is 9.33. The number of nitrogens with zero attached hydrogens (tertiary/aromatic N) is 3. The van der Waals surface area contributed by atoms with Gasteiger partial charge in [-0.15, -0.1) is 0 Å². The van der Waals surface area contributed by atoms with Crippen LogP contribution in [0, 0.1) is 0 Å². The molecule has 94 valence electrons. The van der Waals surface area contributed by atoms with Gasteiger partial charge in [0.25, 0.3) is 0 Å². The van der Waals surface area contributed by atoms with Gasteiger partial charge in [0, 0.05) is 23.5 Å². The zero-order chi connectivity index (χ0) is 13.1. The van der Waals surface area contributed by atoms with Crippen LogP contribution >= 0.6 is 0 Å². The molecule has 0 aliphatic heterocycles. The van der Waals surface area contributed by atoms with Gasteiger partial charge in [-0.3, -0.25) is 4.68 Å². The summed E-state index contributed by atoms with van der Waals surface area (Å²) < 4.78 is 1.87. The molecule has 0 spiro atoms. The van der Waals surface area contributed by atoms with E-state index in [2.05, 4.69) is 22.2 Å². The Morgan fingerprint density at radius 3 is 2.63 bits per heavy atom. The average Bonchev–Trinajstić information content (AvgIpc) is 2.91. The molecule has 2 heterocycles. The van der Waals surface area contributed by atoms with Gasteiger partial charge in [0.1, 0.15) is 5.82 Å². The van der Waals surface area contributed by atoms with Gasteiger partial charge in [-0.1, -0.05) is 36.4 Å². The van der Waals surface area contributed by atoms with Crippen molar-refractivity contribution in [2.75, 3.05) is 5.73 Å². The second-order valence-corrected chi connectivity index (χ2v) is 4.34. The van der Waals surface area contributed by atoms with E-state index in [0.717, 1.165) is 16.7 Å². The van der Waals surface area contributed by atoms with E-state index in [-0.39, 0.29) is 0 Å². The zero-order valence-corrected chi connectivity index (χ0v) is 10.4. The van der Waals surface area contributed by atoms with Crippen molar-refractivity contribution < 1.29 is 0 Å². The van der Waals surface area contributed by atoms with Crippen LogP contribution in [0.2, 0.25) is 0 Å². The van der Waals surface area contributed by atoms with E-state index >= 15 is 0 Å². The molecule has 19 heavy (non-hydrogen) atoms. The van der Waals surface area contributed by atoms with Crippen molar-refractivity contribution in [3.8, 4) is 11.1 Å². The lowest BCUT2D eigenvalue weighted by Crippen LogP contribution is -2.04. The van der Waals surface area contributed by atoms with Crippen molar-refractivity contribution in [2.24, 2.45) is 0 Å². The molecule has 3 rings (SSSR count). The van der Waals surface area contributed by atoms with Crippen LogP contribution in [-0.4, -0.2) is 14.8 Å². The van der Waals surface area contributed by atoms with Gasteiger partial charge in [-0.05, 0) is 11.6 Å². The highest BCUT2D eigenvalue weighted by molar-refractivity contribution is 5.61. The number of benzene rings is 1. The molecule has 0 unspecified atom stereocenters. The molecule has 0 radical (unpaired) electrons. The predicted molar refractivity (Wildman–Crippen MR) is 75.4 cm³/mol.